The lowest BCUT2D eigenvalue weighted by molar-refractivity contribution is 0.105. The Balaban J connectivity index is 1.76. The van der Waals surface area contributed by atoms with Gasteiger partial charge in [0, 0.05) is 4.70 Å². The van der Waals surface area contributed by atoms with Gasteiger partial charge in [-0.05, 0) is 29.7 Å². The Morgan fingerprint density at radius 2 is 2.24 bits per heavy atom. The number of hydrogen-bond donors (Lipinski definition) is 2. The van der Waals surface area contributed by atoms with Crippen LogP contribution in [-0.2, 0) is 14.8 Å². The first kappa shape index (κ1) is 14.1. The van der Waals surface area contributed by atoms with Crippen LogP contribution in [0.4, 0.5) is 4.79 Å². The Kier molecular flexibility index (Phi) is 3.47. The van der Waals surface area contributed by atoms with Crippen molar-refractivity contribution in [3.05, 3.63) is 24.3 Å². The number of alkyl carbamates (subject to hydrolysis) is 1. The van der Waals surface area contributed by atoms with Crippen LogP contribution in [0.3, 0.4) is 0 Å². The van der Waals surface area contributed by atoms with Crippen molar-refractivity contribution in [1.82, 2.24) is 5.32 Å². The summed E-state index contributed by atoms with van der Waals surface area (Å²) in [6.07, 6.45) is -0.772. The molecular weight excluding hydrogens is 316 g/mol. The van der Waals surface area contributed by atoms with Crippen molar-refractivity contribution in [3.8, 4) is 5.75 Å². The third-order valence-electron chi connectivity index (χ3n) is 2.93. The molecule has 3 rings (SSSR count). The molecule has 1 atom stereocenters. The van der Waals surface area contributed by atoms with E-state index in [1.165, 1.54) is 6.07 Å². The molecule has 1 aromatic heterocycles. The van der Waals surface area contributed by atoms with E-state index in [1.807, 2.05) is 0 Å². The Morgan fingerprint density at radius 3 is 2.90 bits per heavy atom. The highest BCUT2D eigenvalue weighted by molar-refractivity contribution is 7.91. The zero-order valence-electron chi connectivity index (χ0n) is 10.7. The number of nitrogens with one attached hydrogen (secondary N) is 1. The molecule has 0 aliphatic carbocycles. The molecular formula is C12H12N2O5S2. The predicted octanol–water partition coefficient (Wildman–Crippen LogP) is 1.04. The minimum Gasteiger partial charge on any atom is -0.490 e. The molecule has 0 spiro atoms. The molecule has 1 aliphatic heterocycles. The number of hydrogen-bond acceptors (Lipinski definition) is 6. The van der Waals surface area contributed by atoms with E-state index in [4.69, 9.17) is 14.6 Å². The van der Waals surface area contributed by atoms with Crippen molar-refractivity contribution in [2.24, 2.45) is 5.14 Å². The SMILES string of the molecule is NS(=O)(=O)c1cc2ccc(OC[C@@H]3CNC(=O)O3)cc2s1. The Hall–Kier alpha value is -1.84. The van der Waals surface area contributed by atoms with Crippen molar-refractivity contribution in [3.63, 3.8) is 0 Å². The van der Waals surface area contributed by atoms with Crippen molar-refractivity contribution in [2.75, 3.05) is 13.2 Å². The highest BCUT2D eigenvalue weighted by Crippen LogP contribution is 2.31. The van der Waals surface area contributed by atoms with E-state index in [9.17, 15) is 13.2 Å². The molecule has 2 aromatic rings. The lowest BCUT2D eigenvalue weighted by Gasteiger charge is -2.10. The quantitative estimate of drug-likeness (QED) is 0.872. The average Bonchev–Trinajstić information content (AvgIpc) is 3.01. The van der Waals surface area contributed by atoms with Crippen molar-refractivity contribution < 1.29 is 22.7 Å². The van der Waals surface area contributed by atoms with Gasteiger partial charge in [-0.25, -0.2) is 18.4 Å². The summed E-state index contributed by atoms with van der Waals surface area (Å²) in [4.78, 5) is 10.9. The normalized spacial score (nSPS) is 18.5. The number of ether oxygens (including phenoxy) is 2. The molecule has 21 heavy (non-hydrogen) atoms. The van der Waals surface area contributed by atoms with Gasteiger partial charge in [0.05, 0.1) is 6.54 Å². The lowest BCUT2D eigenvalue weighted by Crippen LogP contribution is -2.21. The molecule has 1 amide bonds. The largest absolute Gasteiger partial charge is 0.490 e. The standard InChI is InChI=1S/C12H12N2O5S2/c13-21(16,17)11-3-7-1-2-8(4-10(7)20-11)18-6-9-5-14-12(15)19-9/h1-4,9H,5-6H2,(H,14,15)(H2,13,16,17)/t9-/m0/s1. The Bertz CT molecular complexity index is 799. The van der Waals surface area contributed by atoms with Crippen LogP contribution in [0.15, 0.2) is 28.5 Å². The van der Waals surface area contributed by atoms with E-state index in [2.05, 4.69) is 5.32 Å². The highest BCUT2D eigenvalue weighted by atomic mass is 32.2. The second kappa shape index (κ2) is 5.17. The molecule has 3 N–H and O–H groups in total. The highest BCUT2D eigenvalue weighted by Gasteiger charge is 2.23. The average molecular weight is 328 g/mol. The van der Waals surface area contributed by atoms with Crippen molar-refractivity contribution in [1.29, 1.82) is 0 Å². The molecule has 0 bridgehead atoms. The van der Waals surface area contributed by atoms with E-state index in [0.29, 0.717) is 12.3 Å². The van der Waals surface area contributed by atoms with Gasteiger partial charge in [-0.2, -0.15) is 0 Å². The molecule has 0 saturated carbocycles. The smallest absolute Gasteiger partial charge is 0.407 e. The lowest BCUT2D eigenvalue weighted by atomic mass is 10.2. The Morgan fingerprint density at radius 1 is 1.43 bits per heavy atom. The van der Waals surface area contributed by atoms with Gasteiger partial charge >= 0.3 is 6.09 Å². The van der Waals surface area contributed by atoms with Crippen LogP contribution in [0.5, 0.6) is 5.75 Å². The molecule has 1 aliphatic rings. The second-order valence-corrected chi connectivity index (χ2v) is 7.40. The van der Waals surface area contributed by atoms with Gasteiger partial charge in [0.2, 0.25) is 10.0 Å². The molecule has 2 heterocycles. The summed E-state index contributed by atoms with van der Waals surface area (Å²) in [5.74, 6) is 0.577. The molecule has 1 fully saturated rings. The van der Waals surface area contributed by atoms with Gasteiger partial charge in [-0.15, -0.1) is 11.3 Å². The van der Waals surface area contributed by atoms with E-state index in [1.54, 1.807) is 18.2 Å². The van der Waals surface area contributed by atoms with Crippen LogP contribution >= 0.6 is 11.3 Å². The number of carbonyl (C=O) groups excluding carboxylic acids is 1. The molecule has 9 heteroatoms. The van der Waals surface area contributed by atoms with Gasteiger partial charge in [-0.3, -0.25) is 0 Å². The maximum atomic E-state index is 11.3. The fraction of sp³-hybridized carbons (Fsp3) is 0.250. The summed E-state index contributed by atoms with van der Waals surface area (Å²) in [7, 11) is -3.70. The number of cyclic esters (lactones) is 1. The summed E-state index contributed by atoms with van der Waals surface area (Å²) in [6, 6.07) is 6.75. The van der Waals surface area contributed by atoms with Gasteiger partial charge in [0.1, 0.15) is 16.6 Å². The van der Waals surface area contributed by atoms with Crippen LogP contribution in [0.2, 0.25) is 0 Å². The number of nitrogens with two attached hydrogens (primary N) is 1. The maximum Gasteiger partial charge on any atom is 0.407 e. The van der Waals surface area contributed by atoms with Crippen LogP contribution < -0.4 is 15.2 Å². The molecule has 0 unspecified atom stereocenters. The van der Waals surface area contributed by atoms with Crippen LogP contribution in [-0.4, -0.2) is 33.8 Å². The first-order valence-corrected chi connectivity index (χ1v) is 8.42. The number of carbonyl (C=O) groups is 1. The first-order chi connectivity index (χ1) is 9.91. The summed E-state index contributed by atoms with van der Waals surface area (Å²) < 4.78 is 34.0. The third kappa shape index (κ3) is 3.09. The van der Waals surface area contributed by atoms with E-state index in [0.717, 1.165) is 21.4 Å². The minimum absolute atomic E-state index is 0.114. The van der Waals surface area contributed by atoms with Crippen LogP contribution in [0.1, 0.15) is 0 Å². The van der Waals surface area contributed by atoms with Gasteiger partial charge < -0.3 is 14.8 Å². The monoisotopic (exact) mass is 328 g/mol. The number of primary sulfonamides is 1. The number of amides is 1. The predicted molar refractivity (Wildman–Crippen MR) is 77.0 cm³/mol. The summed E-state index contributed by atoms with van der Waals surface area (Å²) in [5, 5.41) is 8.43. The molecule has 0 radical (unpaired) electrons. The summed E-state index contributed by atoms with van der Waals surface area (Å²) in [5.41, 5.74) is 0. The zero-order valence-corrected chi connectivity index (χ0v) is 12.4. The fourth-order valence-electron chi connectivity index (χ4n) is 1.93. The summed E-state index contributed by atoms with van der Waals surface area (Å²) in [6.45, 7) is 0.646. The molecule has 7 nitrogen and oxygen atoms in total. The number of rotatable bonds is 4. The molecule has 1 saturated heterocycles. The van der Waals surface area contributed by atoms with E-state index >= 15 is 0 Å². The zero-order chi connectivity index (χ0) is 15.0. The molecule has 112 valence electrons. The van der Waals surface area contributed by atoms with E-state index < -0.39 is 16.1 Å². The van der Waals surface area contributed by atoms with Crippen molar-refractivity contribution in [2.45, 2.75) is 10.3 Å². The minimum atomic E-state index is -3.70. The van der Waals surface area contributed by atoms with E-state index in [-0.39, 0.29) is 16.9 Å². The van der Waals surface area contributed by atoms with Crippen LogP contribution in [0.25, 0.3) is 10.1 Å². The number of fused-ring (bicyclic) bond motifs is 1. The van der Waals surface area contributed by atoms with Gasteiger partial charge in [0.15, 0.2) is 6.10 Å². The van der Waals surface area contributed by atoms with Crippen molar-refractivity contribution >= 4 is 37.5 Å². The second-order valence-electron chi connectivity index (χ2n) is 4.53. The third-order valence-corrected chi connectivity index (χ3v) is 5.45. The number of thiophene rings is 1. The van der Waals surface area contributed by atoms with Gasteiger partial charge in [0.25, 0.3) is 0 Å². The number of sulfonamides is 1. The van der Waals surface area contributed by atoms with Gasteiger partial charge in [-0.1, -0.05) is 0 Å². The summed E-state index contributed by atoms with van der Waals surface area (Å²) >= 11 is 1.09. The van der Waals surface area contributed by atoms with Crippen LogP contribution in [0, 0.1) is 0 Å². The first-order valence-electron chi connectivity index (χ1n) is 6.05. The molecule has 1 aromatic carbocycles. The number of benzene rings is 1. The fourth-order valence-corrected chi connectivity index (χ4v) is 3.78. The maximum absolute atomic E-state index is 11.3. The Labute approximate surface area is 124 Å². The topological polar surface area (TPSA) is 108 Å².